The number of carboxylic acid groups (broad SMARTS) is 1. The summed E-state index contributed by atoms with van der Waals surface area (Å²) >= 11 is 0. The Bertz CT molecular complexity index is 297. The molecular weight excluding hydrogens is 178 g/mol. The van der Waals surface area contributed by atoms with Crippen LogP contribution in [0.1, 0.15) is 12.5 Å². The molecule has 0 aliphatic heterocycles. The van der Waals surface area contributed by atoms with Crippen LogP contribution in [-0.4, -0.2) is 19.1 Å². The van der Waals surface area contributed by atoms with Gasteiger partial charge in [0.25, 0.3) is 0 Å². The van der Waals surface area contributed by atoms with E-state index in [0.717, 1.165) is 10.5 Å². The highest BCUT2D eigenvalue weighted by Gasteiger charge is 2.13. The van der Waals surface area contributed by atoms with Crippen LogP contribution in [-0.2, 0) is 11.3 Å². The molecule has 0 amide bonds. The van der Waals surface area contributed by atoms with Gasteiger partial charge in [-0.3, -0.25) is 0 Å². The number of nitrogens with one attached hydrogen (secondary N) is 1. The number of carbonyl (C=O) groups excluding carboxylic acids is 1. The molecule has 0 spiro atoms. The van der Waals surface area contributed by atoms with Crippen LogP contribution in [0.3, 0.4) is 0 Å². The normalized spacial score (nSPS) is 14.7. The Kier molecular flexibility index (Phi) is 3.65. The molecule has 0 aliphatic carbocycles. The highest BCUT2D eigenvalue weighted by atomic mass is 16.4. The zero-order chi connectivity index (χ0) is 10.6. The van der Waals surface area contributed by atoms with E-state index in [2.05, 4.69) is 0 Å². The van der Waals surface area contributed by atoms with Crippen LogP contribution in [0.25, 0.3) is 0 Å². The fraction of sp³-hybridized carbons (Fsp3) is 0.364. The van der Waals surface area contributed by atoms with Crippen LogP contribution in [0.4, 0.5) is 0 Å². The Labute approximate surface area is 84.0 Å². The molecule has 0 saturated heterocycles. The molecule has 1 aromatic carbocycles. The van der Waals surface area contributed by atoms with E-state index in [9.17, 15) is 9.90 Å². The largest absolute Gasteiger partial charge is 0.544 e. The Balaban J connectivity index is 2.57. The Morgan fingerprint density at radius 1 is 1.43 bits per heavy atom. The monoisotopic (exact) mass is 193 g/mol. The van der Waals surface area contributed by atoms with Gasteiger partial charge < -0.3 is 14.8 Å². The molecule has 1 unspecified atom stereocenters. The van der Waals surface area contributed by atoms with Gasteiger partial charge in [-0.05, 0) is 6.92 Å². The first kappa shape index (κ1) is 10.7. The lowest BCUT2D eigenvalue weighted by atomic mass is 10.2. The molecule has 1 aromatic rings. The van der Waals surface area contributed by atoms with E-state index < -0.39 is 12.0 Å². The van der Waals surface area contributed by atoms with Crippen LogP contribution in [0.5, 0.6) is 0 Å². The topological polar surface area (TPSA) is 44.6 Å². The molecule has 0 aliphatic rings. The maximum absolute atomic E-state index is 10.6. The molecule has 0 bridgehead atoms. The molecule has 0 aromatic heterocycles. The van der Waals surface area contributed by atoms with Crippen molar-refractivity contribution >= 4 is 5.97 Å². The number of carbonyl (C=O) groups is 1. The maximum atomic E-state index is 10.6. The van der Waals surface area contributed by atoms with Gasteiger partial charge in [0, 0.05) is 5.56 Å². The molecule has 3 nitrogen and oxygen atoms in total. The van der Waals surface area contributed by atoms with Gasteiger partial charge in [0.05, 0.1) is 13.0 Å². The van der Waals surface area contributed by atoms with Crippen molar-refractivity contribution in [3.63, 3.8) is 0 Å². The first-order valence-corrected chi connectivity index (χ1v) is 4.68. The van der Waals surface area contributed by atoms with Crippen molar-refractivity contribution in [3.05, 3.63) is 35.9 Å². The predicted octanol–water partition coefficient (Wildman–Crippen LogP) is -1.16. The highest BCUT2D eigenvalue weighted by molar-refractivity contribution is 5.68. The number of benzene rings is 1. The fourth-order valence-electron chi connectivity index (χ4n) is 1.27. The molecule has 0 saturated carbocycles. The third kappa shape index (κ3) is 2.85. The van der Waals surface area contributed by atoms with Crippen molar-refractivity contribution in [3.8, 4) is 0 Å². The van der Waals surface area contributed by atoms with E-state index in [0.29, 0.717) is 6.54 Å². The van der Waals surface area contributed by atoms with Crippen molar-refractivity contribution in [2.75, 3.05) is 7.05 Å². The average molecular weight is 193 g/mol. The first-order chi connectivity index (χ1) is 6.61. The summed E-state index contributed by atoms with van der Waals surface area (Å²) in [7, 11) is 1.85. The predicted molar refractivity (Wildman–Crippen MR) is 51.5 cm³/mol. The molecule has 2 atom stereocenters. The van der Waals surface area contributed by atoms with Gasteiger partial charge in [-0.25, -0.2) is 0 Å². The summed E-state index contributed by atoms with van der Waals surface area (Å²) in [5.41, 5.74) is 1.14. The summed E-state index contributed by atoms with van der Waals surface area (Å²) in [6, 6.07) is 9.35. The second-order valence-corrected chi connectivity index (χ2v) is 3.55. The van der Waals surface area contributed by atoms with Gasteiger partial charge in [-0.1, -0.05) is 30.3 Å². The number of carboxylic acids is 1. The minimum Gasteiger partial charge on any atom is -0.544 e. The highest BCUT2D eigenvalue weighted by Crippen LogP contribution is 1.95. The first-order valence-electron chi connectivity index (χ1n) is 4.68. The van der Waals surface area contributed by atoms with Gasteiger partial charge in [-0.15, -0.1) is 0 Å². The van der Waals surface area contributed by atoms with Crippen molar-refractivity contribution < 1.29 is 14.8 Å². The Hall–Kier alpha value is -1.35. The van der Waals surface area contributed by atoms with Crippen molar-refractivity contribution in [2.24, 2.45) is 0 Å². The van der Waals surface area contributed by atoms with Crippen LogP contribution in [0.2, 0.25) is 0 Å². The summed E-state index contributed by atoms with van der Waals surface area (Å²) in [4.78, 5) is 11.5. The number of aliphatic carboxylic acids is 1. The minimum absolute atomic E-state index is 0.477. The lowest BCUT2D eigenvalue weighted by Gasteiger charge is -2.22. The van der Waals surface area contributed by atoms with Gasteiger partial charge in [0.15, 0.2) is 0 Å². The van der Waals surface area contributed by atoms with Crippen molar-refractivity contribution in [1.29, 1.82) is 0 Å². The molecule has 1 rings (SSSR count). The summed E-state index contributed by atoms with van der Waals surface area (Å²) in [5.74, 6) is -1.00. The van der Waals surface area contributed by atoms with Gasteiger partial charge >= 0.3 is 0 Å². The lowest BCUT2D eigenvalue weighted by Crippen LogP contribution is -3.13. The third-order valence-corrected chi connectivity index (χ3v) is 2.42. The zero-order valence-corrected chi connectivity index (χ0v) is 8.49. The number of hydrogen-bond acceptors (Lipinski definition) is 2. The SMILES string of the molecule is C[C@@H](C(=O)[O-])[NH+](C)Cc1ccccc1. The molecule has 14 heavy (non-hydrogen) atoms. The number of quaternary nitrogens is 1. The summed E-state index contributed by atoms with van der Waals surface area (Å²) in [5, 5.41) is 10.6. The third-order valence-electron chi connectivity index (χ3n) is 2.42. The number of likely N-dealkylation sites (N-methyl/N-ethyl adjacent to an activating group) is 1. The van der Waals surface area contributed by atoms with Gasteiger partial charge in [-0.2, -0.15) is 0 Å². The van der Waals surface area contributed by atoms with E-state index in [1.807, 2.05) is 37.4 Å². The van der Waals surface area contributed by atoms with E-state index in [1.54, 1.807) is 6.92 Å². The van der Waals surface area contributed by atoms with Gasteiger partial charge in [0.1, 0.15) is 12.6 Å². The summed E-state index contributed by atoms with van der Waals surface area (Å²) < 4.78 is 0. The van der Waals surface area contributed by atoms with Crippen LogP contribution in [0, 0.1) is 0 Å². The van der Waals surface area contributed by atoms with E-state index >= 15 is 0 Å². The molecule has 0 fully saturated rings. The van der Waals surface area contributed by atoms with E-state index in [-0.39, 0.29) is 0 Å². The quantitative estimate of drug-likeness (QED) is 0.655. The minimum atomic E-state index is -1.00. The molecule has 0 heterocycles. The molecule has 76 valence electrons. The number of hydrogen-bond donors (Lipinski definition) is 1. The maximum Gasteiger partial charge on any atom is 0.125 e. The molecule has 0 radical (unpaired) electrons. The smallest absolute Gasteiger partial charge is 0.125 e. The Morgan fingerprint density at radius 3 is 2.50 bits per heavy atom. The van der Waals surface area contributed by atoms with Gasteiger partial charge in [0.2, 0.25) is 0 Å². The average Bonchev–Trinajstić information content (AvgIpc) is 2.18. The summed E-state index contributed by atoms with van der Waals surface area (Å²) in [6.45, 7) is 2.36. The van der Waals surface area contributed by atoms with E-state index in [4.69, 9.17) is 0 Å². The standard InChI is InChI=1S/C11H15NO2/c1-9(11(13)14)12(2)8-10-6-4-3-5-7-10/h3-7,9H,8H2,1-2H3,(H,13,14)/t9-/m0/s1. The second kappa shape index (κ2) is 4.77. The van der Waals surface area contributed by atoms with Crippen molar-refractivity contribution in [1.82, 2.24) is 0 Å². The molecule has 3 heteroatoms. The zero-order valence-electron chi connectivity index (χ0n) is 8.49. The lowest BCUT2D eigenvalue weighted by molar-refractivity contribution is -0.910. The van der Waals surface area contributed by atoms with Crippen LogP contribution in [0.15, 0.2) is 30.3 Å². The van der Waals surface area contributed by atoms with Crippen molar-refractivity contribution in [2.45, 2.75) is 19.5 Å². The molecular formula is C11H15NO2. The van der Waals surface area contributed by atoms with E-state index in [1.165, 1.54) is 0 Å². The number of rotatable bonds is 4. The molecule has 1 N–H and O–H groups in total. The fourth-order valence-corrected chi connectivity index (χ4v) is 1.27. The summed E-state index contributed by atoms with van der Waals surface area (Å²) in [6.07, 6.45) is 0. The van der Waals surface area contributed by atoms with Crippen LogP contribution >= 0.6 is 0 Å². The Morgan fingerprint density at radius 2 is 2.00 bits per heavy atom. The second-order valence-electron chi connectivity index (χ2n) is 3.55. The van der Waals surface area contributed by atoms with Crippen LogP contribution < -0.4 is 10.0 Å².